The molecule has 0 amide bonds. The van der Waals surface area contributed by atoms with E-state index in [-0.39, 0.29) is 15.6 Å². The number of thioether (sulfide) groups is 1. The largest absolute Gasteiger partial charge is 0.446 e. The van der Waals surface area contributed by atoms with Crippen molar-refractivity contribution in [2.24, 2.45) is 5.73 Å². The van der Waals surface area contributed by atoms with Crippen molar-refractivity contribution >= 4 is 45.1 Å². The zero-order valence-corrected chi connectivity index (χ0v) is 20.4. The summed E-state index contributed by atoms with van der Waals surface area (Å²) in [5.41, 5.74) is 7.78. The second kappa shape index (κ2) is 11.2. The number of nitrogens with one attached hydrogen (secondary N) is 1. The van der Waals surface area contributed by atoms with Gasteiger partial charge in [-0.25, -0.2) is 8.42 Å². The summed E-state index contributed by atoms with van der Waals surface area (Å²) in [6.07, 6.45) is -4.58. The fraction of sp³-hybridized carbons (Fsp3) is 0.182. The second-order valence-corrected chi connectivity index (χ2v) is 10.9. The third kappa shape index (κ3) is 6.69. The molecule has 6 nitrogen and oxygen atoms in total. The molecule has 3 rings (SSSR count). The van der Waals surface area contributed by atoms with Crippen LogP contribution in [0.2, 0.25) is 0 Å². The Morgan fingerprint density at radius 2 is 1.79 bits per heavy atom. The molecule has 0 aliphatic carbocycles. The Balaban J connectivity index is 0.000000604. The van der Waals surface area contributed by atoms with E-state index in [9.17, 15) is 26.7 Å². The van der Waals surface area contributed by atoms with Gasteiger partial charge in [0, 0.05) is 0 Å². The van der Waals surface area contributed by atoms with E-state index in [0.717, 1.165) is 11.1 Å². The third-order valence-electron chi connectivity index (χ3n) is 4.41. The Labute approximate surface area is 203 Å². The molecular formula is C22H21F3N2O4S3. The minimum absolute atomic E-state index is 0.152. The van der Waals surface area contributed by atoms with E-state index in [1.54, 1.807) is 31.4 Å². The molecule has 1 aromatic heterocycles. The zero-order valence-electron chi connectivity index (χ0n) is 18.0. The number of amidine groups is 1. The van der Waals surface area contributed by atoms with Crippen LogP contribution >= 0.6 is 23.1 Å². The molecule has 0 saturated carbocycles. The smallest absolute Gasteiger partial charge is 0.389 e. The lowest BCUT2D eigenvalue weighted by atomic mass is 9.97. The summed E-state index contributed by atoms with van der Waals surface area (Å²) in [6, 6.07) is 15.5. The van der Waals surface area contributed by atoms with E-state index in [1.165, 1.54) is 29.2 Å². The molecule has 1 heterocycles. The fourth-order valence-corrected chi connectivity index (χ4v) is 6.80. The summed E-state index contributed by atoms with van der Waals surface area (Å²) in [4.78, 5) is 9.45. The number of thiophene rings is 1. The van der Waals surface area contributed by atoms with E-state index < -0.39 is 28.4 Å². The summed E-state index contributed by atoms with van der Waals surface area (Å²) in [5.74, 6) is -0.152. The number of nitrogen functional groups attached to an aromatic ring is 1. The van der Waals surface area contributed by atoms with Gasteiger partial charge in [-0.05, 0) is 48.1 Å². The molecular weight excluding hydrogens is 509 g/mol. The summed E-state index contributed by atoms with van der Waals surface area (Å²) < 4.78 is 58.4. The molecule has 0 fully saturated rings. The predicted octanol–water partition coefficient (Wildman–Crippen LogP) is 5.05. The van der Waals surface area contributed by atoms with Gasteiger partial charge in [-0.1, -0.05) is 36.4 Å². The standard InChI is InChI=1S/C20H20N2O3S3.C2HF3O/c1-12(23)15-8-3-4-9-16(15)13-6-5-7-14(10-13)28(24,25)18-11-17(19(21)22)27-20(18)26-2;3-2(4,5)1-6/h3-12,23H,1-2H3,(H3,21,22);1H. The summed E-state index contributed by atoms with van der Waals surface area (Å²) in [7, 11) is -3.78. The molecule has 0 aliphatic rings. The van der Waals surface area contributed by atoms with Crippen LogP contribution in [-0.4, -0.2) is 38.1 Å². The number of aliphatic hydroxyl groups is 1. The van der Waals surface area contributed by atoms with Crippen LogP contribution in [0.4, 0.5) is 13.2 Å². The molecule has 1 atom stereocenters. The van der Waals surface area contributed by atoms with Crippen molar-refractivity contribution in [1.29, 1.82) is 5.41 Å². The number of aldehydes is 1. The number of alkyl halides is 3. The molecule has 0 aliphatic heterocycles. The van der Waals surface area contributed by atoms with Crippen LogP contribution in [0.25, 0.3) is 11.1 Å². The number of nitrogens with two attached hydrogens (primary N) is 1. The number of rotatable bonds is 6. The Hall–Kier alpha value is -2.67. The van der Waals surface area contributed by atoms with Gasteiger partial charge in [0.15, 0.2) is 0 Å². The van der Waals surface area contributed by atoms with Gasteiger partial charge in [-0.2, -0.15) is 13.2 Å². The van der Waals surface area contributed by atoms with Crippen LogP contribution in [0.5, 0.6) is 0 Å². The molecule has 3 aromatic rings. The highest BCUT2D eigenvalue weighted by Gasteiger charge is 2.26. The van der Waals surface area contributed by atoms with Gasteiger partial charge in [-0.15, -0.1) is 23.1 Å². The number of halogens is 3. The number of sulfone groups is 1. The average molecular weight is 531 g/mol. The average Bonchev–Trinajstić information content (AvgIpc) is 3.25. The van der Waals surface area contributed by atoms with Crippen molar-refractivity contribution < 1.29 is 31.5 Å². The summed E-state index contributed by atoms with van der Waals surface area (Å²) in [6.45, 7) is 1.68. The topological polar surface area (TPSA) is 121 Å². The molecule has 0 bridgehead atoms. The van der Waals surface area contributed by atoms with Crippen molar-refractivity contribution in [3.63, 3.8) is 0 Å². The molecule has 1 unspecified atom stereocenters. The lowest BCUT2D eigenvalue weighted by Crippen LogP contribution is -2.08. The van der Waals surface area contributed by atoms with Gasteiger partial charge >= 0.3 is 6.18 Å². The molecule has 0 saturated heterocycles. The van der Waals surface area contributed by atoms with Gasteiger partial charge in [0.1, 0.15) is 5.84 Å². The Kier molecular flexibility index (Phi) is 9.06. The van der Waals surface area contributed by atoms with E-state index in [1.807, 2.05) is 30.3 Å². The van der Waals surface area contributed by atoms with Crippen LogP contribution < -0.4 is 5.73 Å². The SMILES string of the molecule is CSc1sc(C(=N)N)cc1S(=O)(=O)c1cccc(-c2ccccc2C(C)O)c1.O=CC(F)(F)F. The minimum atomic E-state index is -4.64. The van der Waals surface area contributed by atoms with Gasteiger partial charge < -0.3 is 10.8 Å². The van der Waals surface area contributed by atoms with Crippen molar-refractivity contribution in [3.8, 4) is 11.1 Å². The van der Waals surface area contributed by atoms with E-state index in [4.69, 9.17) is 15.9 Å². The quantitative estimate of drug-likeness (QED) is 0.177. The van der Waals surface area contributed by atoms with Crippen molar-refractivity contribution in [3.05, 3.63) is 65.0 Å². The Morgan fingerprint density at radius 3 is 2.32 bits per heavy atom. The monoisotopic (exact) mass is 530 g/mol. The lowest BCUT2D eigenvalue weighted by molar-refractivity contribution is -0.156. The number of hydrogen-bond donors (Lipinski definition) is 3. The maximum Gasteiger partial charge on any atom is 0.446 e. The highest BCUT2D eigenvalue weighted by Crippen LogP contribution is 2.38. The van der Waals surface area contributed by atoms with Crippen molar-refractivity contribution in [1.82, 2.24) is 0 Å². The molecule has 0 spiro atoms. The minimum Gasteiger partial charge on any atom is -0.389 e. The lowest BCUT2D eigenvalue weighted by Gasteiger charge is -2.13. The Bertz CT molecular complexity index is 1290. The van der Waals surface area contributed by atoms with Gasteiger partial charge in [-0.3, -0.25) is 10.2 Å². The van der Waals surface area contributed by atoms with E-state index in [0.29, 0.717) is 14.6 Å². The molecule has 0 radical (unpaired) electrons. The Morgan fingerprint density at radius 1 is 1.18 bits per heavy atom. The van der Waals surface area contributed by atoms with Crippen LogP contribution in [0.15, 0.2) is 68.6 Å². The highest BCUT2D eigenvalue weighted by molar-refractivity contribution is 8.01. The number of benzene rings is 2. The molecule has 4 N–H and O–H groups in total. The first-order valence-electron chi connectivity index (χ1n) is 9.49. The molecule has 182 valence electrons. The summed E-state index contributed by atoms with van der Waals surface area (Å²) in [5, 5.41) is 17.6. The number of carbonyl (C=O) groups is 1. The van der Waals surface area contributed by atoms with Crippen molar-refractivity contribution in [2.45, 2.75) is 33.2 Å². The van der Waals surface area contributed by atoms with Gasteiger partial charge in [0.05, 0.1) is 25.0 Å². The maximum atomic E-state index is 13.3. The van der Waals surface area contributed by atoms with Crippen LogP contribution in [0.3, 0.4) is 0 Å². The molecule has 34 heavy (non-hydrogen) atoms. The van der Waals surface area contributed by atoms with Gasteiger partial charge in [0.2, 0.25) is 16.1 Å². The normalized spacial score (nSPS) is 12.4. The first kappa shape index (κ1) is 27.6. The van der Waals surface area contributed by atoms with Crippen LogP contribution in [0, 0.1) is 5.41 Å². The number of hydrogen-bond acceptors (Lipinski definition) is 7. The first-order valence-corrected chi connectivity index (χ1v) is 13.0. The maximum absolute atomic E-state index is 13.3. The molecule has 12 heteroatoms. The third-order valence-corrected chi connectivity index (χ3v) is 8.74. The van der Waals surface area contributed by atoms with E-state index >= 15 is 0 Å². The fourth-order valence-electron chi connectivity index (χ4n) is 2.90. The van der Waals surface area contributed by atoms with E-state index in [2.05, 4.69) is 0 Å². The van der Waals surface area contributed by atoms with Crippen LogP contribution in [0.1, 0.15) is 23.5 Å². The first-order chi connectivity index (χ1) is 15.8. The summed E-state index contributed by atoms with van der Waals surface area (Å²) >= 11 is 2.51. The zero-order chi connectivity index (χ0) is 25.7. The highest BCUT2D eigenvalue weighted by atomic mass is 32.2. The molecule has 2 aromatic carbocycles. The van der Waals surface area contributed by atoms with Crippen molar-refractivity contribution in [2.75, 3.05) is 6.26 Å². The van der Waals surface area contributed by atoms with Crippen LogP contribution in [-0.2, 0) is 14.6 Å². The second-order valence-electron chi connectivity index (χ2n) is 6.83. The number of carbonyl (C=O) groups excluding carboxylic acids is 1. The van der Waals surface area contributed by atoms with Gasteiger partial charge in [0.25, 0.3) is 0 Å². The predicted molar refractivity (Wildman–Crippen MR) is 127 cm³/mol. The number of aliphatic hydroxyl groups excluding tert-OH is 1.